The molecule has 1 fully saturated rings. The summed E-state index contributed by atoms with van der Waals surface area (Å²) in [4.78, 5) is 1.82. The number of nitrogens with one attached hydrogen (secondary N) is 1. The summed E-state index contributed by atoms with van der Waals surface area (Å²) in [6, 6.07) is 0. The highest BCUT2D eigenvalue weighted by atomic mass is 35.5. The molecule has 0 aromatic carbocycles. The number of allylic oxidation sites excluding steroid dienone is 2. The highest BCUT2D eigenvalue weighted by Gasteiger charge is 2.37. The van der Waals surface area contributed by atoms with Crippen molar-refractivity contribution in [2.45, 2.75) is 32.6 Å². The van der Waals surface area contributed by atoms with Gasteiger partial charge in [0.1, 0.15) is 0 Å². The summed E-state index contributed by atoms with van der Waals surface area (Å²) in [5.74, 6) is 1.82. The van der Waals surface area contributed by atoms with Crippen molar-refractivity contribution in [3.8, 4) is 0 Å². The Morgan fingerprint density at radius 3 is 3.00 bits per heavy atom. The maximum atomic E-state index is 6.09. The second-order valence-corrected chi connectivity index (χ2v) is 5.36. The van der Waals surface area contributed by atoms with Crippen LogP contribution in [0.1, 0.15) is 32.6 Å². The first-order valence-corrected chi connectivity index (χ1v) is 6.35. The van der Waals surface area contributed by atoms with Crippen molar-refractivity contribution >= 4 is 11.6 Å². The molecule has 0 aromatic rings. The maximum absolute atomic E-state index is 6.09. The third kappa shape index (κ3) is 2.32. The first-order chi connectivity index (χ1) is 6.79. The zero-order valence-corrected chi connectivity index (χ0v) is 9.82. The largest absolute Gasteiger partial charge is 0.334 e. The zero-order chi connectivity index (χ0) is 9.97. The predicted molar refractivity (Wildman–Crippen MR) is 60.6 cm³/mol. The molecule has 0 aromatic heterocycles. The van der Waals surface area contributed by atoms with E-state index in [0.29, 0.717) is 0 Å². The number of fused-ring (bicyclic) bond motifs is 1. The fourth-order valence-electron chi connectivity index (χ4n) is 2.92. The Balaban J connectivity index is 1.84. The smallest absolute Gasteiger partial charge is 0.0808 e. The maximum Gasteiger partial charge on any atom is 0.0808 e. The Morgan fingerprint density at radius 1 is 1.43 bits per heavy atom. The third-order valence-electron chi connectivity index (χ3n) is 3.75. The van der Waals surface area contributed by atoms with Gasteiger partial charge in [0.2, 0.25) is 0 Å². The van der Waals surface area contributed by atoms with Gasteiger partial charge in [-0.05, 0) is 19.3 Å². The average Bonchev–Trinajstić information content (AvgIpc) is 2.56. The zero-order valence-electron chi connectivity index (χ0n) is 9.06. The van der Waals surface area contributed by atoms with Crippen LogP contribution in [0.5, 0.6) is 0 Å². The summed E-state index contributed by atoms with van der Waals surface area (Å²) in [7, 11) is 0. The fraction of sp³-hybridized carbons (Fsp3) is 0.833. The summed E-state index contributed by atoms with van der Waals surface area (Å²) in [6.07, 6.45) is 7.35. The van der Waals surface area contributed by atoms with Crippen LogP contribution in [0.3, 0.4) is 0 Å². The molecule has 2 rings (SSSR count). The van der Waals surface area contributed by atoms with Crippen LogP contribution in [0.2, 0.25) is 0 Å². The van der Waals surface area contributed by atoms with E-state index in [1.165, 1.54) is 38.9 Å². The molecule has 1 N–H and O–H groups in total. The van der Waals surface area contributed by atoms with Crippen molar-refractivity contribution in [1.29, 1.82) is 0 Å². The first kappa shape index (κ1) is 10.5. The quantitative estimate of drug-likeness (QED) is 0.732. The molecule has 2 heteroatoms. The van der Waals surface area contributed by atoms with E-state index in [9.17, 15) is 0 Å². The molecule has 80 valence electrons. The second-order valence-electron chi connectivity index (χ2n) is 4.87. The van der Waals surface area contributed by atoms with Gasteiger partial charge in [0.15, 0.2) is 0 Å². The van der Waals surface area contributed by atoms with Gasteiger partial charge in [-0.2, -0.15) is 0 Å². The Labute approximate surface area is 92.1 Å². The minimum absolute atomic E-state index is 0.888. The number of unbranched alkanes of at least 4 members (excludes halogenated alkanes) is 1. The normalized spacial score (nSPS) is 36.7. The van der Waals surface area contributed by atoms with Gasteiger partial charge in [-0.15, -0.1) is 0 Å². The average molecular weight is 215 g/mol. The van der Waals surface area contributed by atoms with Gasteiger partial charge in [0.05, 0.1) is 19.6 Å². The molecule has 1 nitrogen and oxygen atoms in total. The van der Waals surface area contributed by atoms with E-state index >= 15 is 0 Å². The summed E-state index contributed by atoms with van der Waals surface area (Å²) in [5, 5.41) is 1.11. The van der Waals surface area contributed by atoms with E-state index in [1.807, 2.05) is 4.90 Å². The van der Waals surface area contributed by atoms with Gasteiger partial charge in [-0.25, -0.2) is 0 Å². The second kappa shape index (κ2) is 4.67. The number of likely N-dealkylation sites (tertiary alicyclic amines) is 1. The molecular formula is C12H21ClN+. The van der Waals surface area contributed by atoms with Gasteiger partial charge in [-0.3, -0.25) is 0 Å². The van der Waals surface area contributed by atoms with Gasteiger partial charge in [0, 0.05) is 16.9 Å². The molecule has 2 aliphatic rings. The number of rotatable bonds is 3. The third-order valence-corrected chi connectivity index (χ3v) is 4.06. The lowest BCUT2D eigenvalue weighted by molar-refractivity contribution is -0.890. The van der Waals surface area contributed by atoms with Crippen LogP contribution in [0, 0.1) is 11.8 Å². The highest BCUT2D eigenvalue weighted by Crippen LogP contribution is 2.31. The Hall–Kier alpha value is -0.0100. The van der Waals surface area contributed by atoms with E-state index in [0.717, 1.165) is 23.3 Å². The van der Waals surface area contributed by atoms with Gasteiger partial charge >= 0.3 is 0 Å². The SMILES string of the molecule is CCCC[NH+]1C[C@H]2CC=C(Cl)C[C@@H]2C1. The summed E-state index contributed by atoms with van der Waals surface area (Å²) < 4.78 is 0. The predicted octanol–water partition coefficient (Wildman–Crippen LogP) is 1.83. The molecule has 1 heterocycles. The first-order valence-electron chi connectivity index (χ1n) is 5.97. The molecule has 3 atom stereocenters. The van der Waals surface area contributed by atoms with E-state index in [4.69, 9.17) is 11.6 Å². The molecule has 1 unspecified atom stereocenters. The van der Waals surface area contributed by atoms with Crippen LogP contribution in [0.4, 0.5) is 0 Å². The number of halogens is 1. The Bertz CT molecular complexity index is 224. The van der Waals surface area contributed by atoms with Gasteiger partial charge in [-0.1, -0.05) is 31.0 Å². The van der Waals surface area contributed by atoms with E-state index < -0.39 is 0 Å². The summed E-state index contributed by atoms with van der Waals surface area (Å²) in [5.41, 5.74) is 0. The minimum atomic E-state index is 0.888. The van der Waals surface area contributed by atoms with Gasteiger partial charge in [0.25, 0.3) is 0 Å². The van der Waals surface area contributed by atoms with E-state index in [-0.39, 0.29) is 0 Å². The monoisotopic (exact) mass is 214 g/mol. The molecule has 0 saturated carbocycles. The number of hydrogen-bond acceptors (Lipinski definition) is 0. The fourth-order valence-corrected chi connectivity index (χ4v) is 3.20. The topological polar surface area (TPSA) is 4.44 Å². The minimum Gasteiger partial charge on any atom is -0.334 e. The molecule has 0 radical (unpaired) electrons. The van der Waals surface area contributed by atoms with E-state index in [2.05, 4.69) is 13.0 Å². The Morgan fingerprint density at radius 2 is 2.21 bits per heavy atom. The lowest BCUT2D eigenvalue weighted by atomic mass is 9.86. The molecule has 1 aliphatic heterocycles. The number of quaternary nitrogens is 1. The van der Waals surface area contributed by atoms with Crippen molar-refractivity contribution in [2.75, 3.05) is 19.6 Å². The van der Waals surface area contributed by atoms with Crippen molar-refractivity contribution < 1.29 is 4.90 Å². The lowest BCUT2D eigenvalue weighted by Gasteiger charge is -2.18. The molecule has 0 bridgehead atoms. The molecular weight excluding hydrogens is 194 g/mol. The molecule has 1 aliphatic carbocycles. The molecule has 0 spiro atoms. The molecule has 0 amide bonds. The molecule has 1 saturated heterocycles. The van der Waals surface area contributed by atoms with Crippen LogP contribution in [0.25, 0.3) is 0 Å². The summed E-state index contributed by atoms with van der Waals surface area (Å²) in [6.45, 7) is 6.42. The standard InChI is InChI=1S/C12H20ClN/c1-2-3-6-14-8-10-4-5-12(13)7-11(10)9-14/h5,10-11H,2-4,6-9H2,1H3/p+1/t10-,11-/m1/s1. The van der Waals surface area contributed by atoms with Crippen molar-refractivity contribution in [1.82, 2.24) is 0 Å². The molecule has 14 heavy (non-hydrogen) atoms. The van der Waals surface area contributed by atoms with E-state index in [1.54, 1.807) is 0 Å². The van der Waals surface area contributed by atoms with Crippen molar-refractivity contribution in [3.05, 3.63) is 11.1 Å². The van der Waals surface area contributed by atoms with Crippen LogP contribution in [-0.2, 0) is 0 Å². The summed E-state index contributed by atoms with van der Waals surface area (Å²) >= 11 is 6.09. The van der Waals surface area contributed by atoms with Crippen LogP contribution in [-0.4, -0.2) is 19.6 Å². The highest BCUT2D eigenvalue weighted by molar-refractivity contribution is 6.29. The number of hydrogen-bond donors (Lipinski definition) is 1. The van der Waals surface area contributed by atoms with Crippen LogP contribution in [0.15, 0.2) is 11.1 Å². The van der Waals surface area contributed by atoms with Crippen LogP contribution >= 0.6 is 11.6 Å². The van der Waals surface area contributed by atoms with Gasteiger partial charge < -0.3 is 4.90 Å². The Kier molecular flexibility index (Phi) is 3.51. The van der Waals surface area contributed by atoms with Crippen molar-refractivity contribution in [3.63, 3.8) is 0 Å². The van der Waals surface area contributed by atoms with Crippen LogP contribution < -0.4 is 4.90 Å². The lowest BCUT2D eigenvalue weighted by Crippen LogP contribution is -3.10. The van der Waals surface area contributed by atoms with Crippen molar-refractivity contribution in [2.24, 2.45) is 11.8 Å².